The van der Waals surface area contributed by atoms with Gasteiger partial charge in [-0.3, -0.25) is 4.79 Å². The van der Waals surface area contributed by atoms with Gasteiger partial charge in [0.25, 0.3) is 5.91 Å². The topological polar surface area (TPSA) is 69.6 Å². The monoisotopic (exact) mass is 335 g/mol. The number of hydrogen-bond acceptors (Lipinski definition) is 3. The largest absolute Gasteiger partial charge is 0.508 e. The molecule has 2 rings (SSSR count). The van der Waals surface area contributed by atoms with E-state index < -0.39 is 5.91 Å². The minimum Gasteiger partial charge on any atom is -0.508 e. The number of phenolic OH excluding ortho intramolecular Hbond substituents is 2. The normalized spacial score (nSPS) is 10.3. The molecule has 0 radical (unpaired) electrons. The number of anilines is 1. The lowest BCUT2D eigenvalue weighted by Crippen LogP contribution is -2.13. The van der Waals surface area contributed by atoms with Crippen LogP contribution in [0.2, 0.25) is 0 Å². The second-order valence-corrected chi connectivity index (χ2v) is 5.48. The minimum absolute atomic E-state index is 0.0926. The standard InChI is InChI=1S/C15H14BrNO3/c1-8-6-13(18)9(2)5-12(8)17-15(20)11-4-3-10(16)7-14(11)19/h3-7,18-19H,1-2H3,(H,17,20). The van der Waals surface area contributed by atoms with Crippen molar-refractivity contribution in [3.63, 3.8) is 0 Å². The lowest BCUT2D eigenvalue weighted by Gasteiger charge is -2.11. The maximum atomic E-state index is 12.1. The van der Waals surface area contributed by atoms with Crippen LogP contribution in [0.15, 0.2) is 34.8 Å². The third-order valence-electron chi connectivity index (χ3n) is 3.00. The van der Waals surface area contributed by atoms with Crippen molar-refractivity contribution < 1.29 is 15.0 Å². The van der Waals surface area contributed by atoms with Crippen molar-refractivity contribution in [3.8, 4) is 11.5 Å². The first-order chi connectivity index (χ1) is 9.38. The van der Waals surface area contributed by atoms with Crippen LogP contribution in [0, 0.1) is 13.8 Å². The van der Waals surface area contributed by atoms with Gasteiger partial charge in [0, 0.05) is 10.2 Å². The second kappa shape index (κ2) is 5.54. The number of aromatic hydroxyl groups is 2. The summed E-state index contributed by atoms with van der Waals surface area (Å²) in [6, 6.07) is 7.97. The first kappa shape index (κ1) is 14.4. The lowest BCUT2D eigenvalue weighted by atomic mass is 10.1. The summed E-state index contributed by atoms with van der Waals surface area (Å²) in [5, 5.41) is 22.1. The van der Waals surface area contributed by atoms with Crippen LogP contribution < -0.4 is 5.32 Å². The Morgan fingerprint density at radius 2 is 1.75 bits per heavy atom. The number of halogens is 1. The zero-order valence-corrected chi connectivity index (χ0v) is 12.7. The summed E-state index contributed by atoms with van der Waals surface area (Å²) in [6.45, 7) is 3.54. The van der Waals surface area contributed by atoms with Gasteiger partial charge in [-0.25, -0.2) is 0 Å². The number of aryl methyl sites for hydroxylation is 2. The average molecular weight is 336 g/mol. The molecule has 0 fully saturated rings. The van der Waals surface area contributed by atoms with Crippen LogP contribution >= 0.6 is 15.9 Å². The third-order valence-corrected chi connectivity index (χ3v) is 3.49. The summed E-state index contributed by atoms with van der Waals surface area (Å²) < 4.78 is 0.697. The van der Waals surface area contributed by atoms with E-state index in [9.17, 15) is 15.0 Å². The lowest BCUT2D eigenvalue weighted by molar-refractivity contribution is 0.102. The van der Waals surface area contributed by atoms with Gasteiger partial charge in [0.1, 0.15) is 11.5 Å². The van der Waals surface area contributed by atoms with E-state index in [2.05, 4.69) is 21.2 Å². The van der Waals surface area contributed by atoms with Gasteiger partial charge in [-0.2, -0.15) is 0 Å². The van der Waals surface area contributed by atoms with Crippen molar-refractivity contribution in [1.29, 1.82) is 0 Å². The molecule has 0 saturated heterocycles. The first-order valence-corrected chi connectivity index (χ1v) is 6.78. The number of phenols is 2. The summed E-state index contributed by atoms with van der Waals surface area (Å²) in [5.74, 6) is -0.305. The Hall–Kier alpha value is -2.01. The summed E-state index contributed by atoms with van der Waals surface area (Å²) in [6.07, 6.45) is 0. The third kappa shape index (κ3) is 2.93. The fourth-order valence-electron chi connectivity index (χ4n) is 1.82. The molecule has 2 aromatic carbocycles. The van der Waals surface area contributed by atoms with E-state index in [-0.39, 0.29) is 17.1 Å². The van der Waals surface area contributed by atoms with Crippen molar-refractivity contribution in [2.45, 2.75) is 13.8 Å². The van der Waals surface area contributed by atoms with Crippen molar-refractivity contribution in [1.82, 2.24) is 0 Å². The van der Waals surface area contributed by atoms with Gasteiger partial charge < -0.3 is 15.5 Å². The van der Waals surface area contributed by atoms with Gasteiger partial charge in [-0.15, -0.1) is 0 Å². The number of carbonyl (C=O) groups is 1. The molecule has 104 valence electrons. The molecular weight excluding hydrogens is 322 g/mol. The van der Waals surface area contributed by atoms with Gasteiger partial charge in [0.05, 0.1) is 5.56 Å². The Balaban J connectivity index is 2.30. The molecule has 0 bridgehead atoms. The number of nitrogens with one attached hydrogen (secondary N) is 1. The van der Waals surface area contributed by atoms with Crippen LogP contribution in [0.4, 0.5) is 5.69 Å². The van der Waals surface area contributed by atoms with Gasteiger partial charge in [-0.1, -0.05) is 15.9 Å². The zero-order valence-electron chi connectivity index (χ0n) is 11.1. The number of hydrogen-bond donors (Lipinski definition) is 3. The summed E-state index contributed by atoms with van der Waals surface area (Å²) >= 11 is 3.22. The summed E-state index contributed by atoms with van der Waals surface area (Å²) in [4.78, 5) is 12.1. The highest BCUT2D eigenvalue weighted by molar-refractivity contribution is 9.10. The first-order valence-electron chi connectivity index (χ1n) is 5.98. The molecule has 0 aliphatic rings. The molecule has 2 aromatic rings. The van der Waals surface area contributed by atoms with Gasteiger partial charge in [0.15, 0.2) is 0 Å². The predicted octanol–water partition coefficient (Wildman–Crippen LogP) is 3.73. The molecule has 0 aliphatic carbocycles. The number of rotatable bonds is 2. The summed E-state index contributed by atoms with van der Waals surface area (Å²) in [7, 11) is 0. The quantitative estimate of drug-likeness (QED) is 0.732. The molecule has 3 N–H and O–H groups in total. The van der Waals surface area contributed by atoms with Crippen molar-refractivity contribution >= 4 is 27.5 Å². The second-order valence-electron chi connectivity index (χ2n) is 4.57. The molecule has 0 spiro atoms. The van der Waals surface area contributed by atoms with Crippen molar-refractivity contribution in [3.05, 3.63) is 51.5 Å². The molecule has 0 saturated carbocycles. The maximum absolute atomic E-state index is 12.1. The maximum Gasteiger partial charge on any atom is 0.259 e. The van der Waals surface area contributed by atoms with Crippen LogP contribution in [-0.2, 0) is 0 Å². The highest BCUT2D eigenvalue weighted by Crippen LogP contribution is 2.27. The highest BCUT2D eigenvalue weighted by atomic mass is 79.9. The minimum atomic E-state index is -0.400. The van der Waals surface area contributed by atoms with E-state index in [1.165, 1.54) is 12.1 Å². The summed E-state index contributed by atoms with van der Waals surface area (Å²) in [5.41, 5.74) is 2.22. The van der Waals surface area contributed by atoms with Crippen LogP contribution in [0.5, 0.6) is 11.5 Å². The van der Waals surface area contributed by atoms with Crippen LogP contribution in [0.3, 0.4) is 0 Å². The van der Waals surface area contributed by atoms with E-state index in [1.807, 2.05) is 0 Å². The molecule has 20 heavy (non-hydrogen) atoms. The van der Waals surface area contributed by atoms with Crippen molar-refractivity contribution in [2.24, 2.45) is 0 Å². The Morgan fingerprint density at radius 1 is 1.05 bits per heavy atom. The number of benzene rings is 2. The van der Waals surface area contributed by atoms with E-state index >= 15 is 0 Å². The van der Waals surface area contributed by atoms with Crippen LogP contribution in [-0.4, -0.2) is 16.1 Å². The zero-order chi connectivity index (χ0) is 14.9. The van der Waals surface area contributed by atoms with Crippen LogP contribution in [0.25, 0.3) is 0 Å². The molecular formula is C15H14BrNO3. The predicted molar refractivity (Wildman–Crippen MR) is 81.3 cm³/mol. The van der Waals surface area contributed by atoms with Gasteiger partial charge >= 0.3 is 0 Å². The van der Waals surface area contributed by atoms with E-state index in [0.29, 0.717) is 15.7 Å². The van der Waals surface area contributed by atoms with Gasteiger partial charge in [-0.05, 0) is 55.3 Å². The van der Waals surface area contributed by atoms with Crippen LogP contribution in [0.1, 0.15) is 21.5 Å². The van der Waals surface area contributed by atoms with Gasteiger partial charge in [0.2, 0.25) is 0 Å². The molecule has 0 aliphatic heterocycles. The van der Waals surface area contributed by atoms with E-state index in [1.54, 1.807) is 32.0 Å². The Bertz CT molecular complexity index is 683. The molecule has 1 amide bonds. The molecule has 0 atom stereocenters. The Morgan fingerprint density at radius 3 is 2.40 bits per heavy atom. The number of amides is 1. The Labute approximate surface area is 125 Å². The molecule has 0 aromatic heterocycles. The average Bonchev–Trinajstić information content (AvgIpc) is 2.35. The SMILES string of the molecule is Cc1cc(NC(=O)c2ccc(Br)cc2O)c(C)cc1O. The fraction of sp³-hybridized carbons (Fsp3) is 0.133. The molecule has 5 heteroatoms. The molecule has 0 heterocycles. The van der Waals surface area contributed by atoms with E-state index in [4.69, 9.17) is 0 Å². The molecule has 0 unspecified atom stereocenters. The van der Waals surface area contributed by atoms with Crippen molar-refractivity contribution in [2.75, 3.05) is 5.32 Å². The Kier molecular flexibility index (Phi) is 3.99. The van der Waals surface area contributed by atoms with E-state index in [0.717, 1.165) is 5.56 Å². The molecule has 4 nitrogen and oxygen atoms in total. The smallest absolute Gasteiger partial charge is 0.259 e. The fourth-order valence-corrected chi connectivity index (χ4v) is 2.17. The number of carbonyl (C=O) groups excluding carboxylic acids is 1. The highest BCUT2D eigenvalue weighted by Gasteiger charge is 2.13.